The van der Waals surface area contributed by atoms with Crippen molar-refractivity contribution in [3.63, 3.8) is 0 Å². The predicted octanol–water partition coefficient (Wildman–Crippen LogP) is 1.19. The zero-order chi connectivity index (χ0) is 10.8. The molecule has 0 aromatic rings. The summed E-state index contributed by atoms with van der Waals surface area (Å²) in [7, 11) is 1.81. The summed E-state index contributed by atoms with van der Waals surface area (Å²) in [6, 6.07) is 1.58. The van der Waals surface area contributed by atoms with Crippen molar-refractivity contribution in [1.82, 2.24) is 9.80 Å². The van der Waals surface area contributed by atoms with E-state index in [9.17, 15) is 0 Å². The third-order valence-corrected chi connectivity index (χ3v) is 3.89. The van der Waals surface area contributed by atoms with Gasteiger partial charge in [-0.25, -0.2) is 0 Å². The first-order valence-corrected chi connectivity index (χ1v) is 6.21. The molecule has 0 saturated carbocycles. The minimum absolute atomic E-state index is 0.507. The van der Waals surface area contributed by atoms with Gasteiger partial charge in [-0.05, 0) is 33.2 Å². The molecule has 2 rings (SSSR count). The fourth-order valence-corrected chi connectivity index (χ4v) is 2.64. The van der Waals surface area contributed by atoms with Gasteiger partial charge in [-0.2, -0.15) is 0 Å². The van der Waals surface area contributed by atoms with Crippen LogP contribution < -0.4 is 0 Å². The zero-order valence-corrected chi connectivity index (χ0v) is 10.3. The lowest BCUT2D eigenvalue weighted by Gasteiger charge is -2.46. The van der Waals surface area contributed by atoms with Gasteiger partial charge >= 0.3 is 0 Å². The molecule has 2 heterocycles. The third-order valence-electron chi connectivity index (χ3n) is 3.89. The van der Waals surface area contributed by atoms with Gasteiger partial charge in [0.25, 0.3) is 0 Å². The van der Waals surface area contributed by atoms with E-state index >= 15 is 0 Å². The van der Waals surface area contributed by atoms with Gasteiger partial charge in [-0.1, -0.05) is 0 Å². The molecule has 2 aliphatic heterocycles. The predicted molar refractivity (Wildman–Crippen MR) is 62.1 cm³/mol. The van der Waals surface area contributed by atoms with Crippen LogP contribution in [0.25, 0.3) is 0 Å². The summed E-state index contributed by atoms with van der Waals surface area (Å²) in [6.07, 6.45) is 3.25. The fourth-order valence-electron chi connectivity index (χ4n) is 2.64. The van der Waals surface area contributed by atoms with E-state index in [2.05, 4.69) is 23.6 Å². The molecule has 2 saturated heterocycles. The minimum atomic E-state index is 0.507. The molecule has 3 heteroatoms. The van der Waals surface area contributed by atoms with Crippen molar-refractivity contribution in [3.8, 4) is 0 Å². The Hall–Kier alpha value is -0.120. The van der Waals surface area contributed by atoms with Crippen LogP contribution in [0.5, 0.6) is 0 Å². The van der Waals surface area contributed by atoms with E-state index in [1.807, 2.05) is 7.11 Å². The average Bonchev–Trinajstić information content (AvgIpc) is 2.05. The monoisotopic (exact) mass is 212 g/mol. The SMILES string of the molecule is COC1CN(CCC2CCN2C(C)C)C1. The summed E-state index contributed by atoms with van der Waals surface area (Å²) in [5.41, 5.74) is 0. The van der Waals surface area contributed by atoms with Gasteiger partial charge in [-0.15, -0.1) is 0 Å². The second-order valence-corrected chi connectivity index (χ2v) is 5.18. The van der Waals surface area contributed by atoms with E-state index in [1.54, 1.807) is 0 Å². The topological polar surface area (TPSA) is 15.7 Å². The van der Waals surface area contributed by atoms with Crippen molar-refractivity contribution in [2.24, 2.45) is 0 Å². The Bertz CT molecular complexity index is 202. The van der Waals surface area contributed by atoms with Crippen LogP contribution in [0.15, 0.2) is 0 Å². The van der Waals surface area contributed by atoms with Gasteiger partial charge < -0.3 is 4.74 Å². The molecule has 2 fully saturated rings. The number of hydrogen-bond donors (Lipinski definition) is 0. The third kappa shape index (κ3) is 2.52. The van der Waals surface area contributed by atoms with E-state index < -0.39 is 0 Å². The summed E-state index contributed by atoms with van der Waals surface area (Å²) in [5.74, 6) is 0. The van der Waals surface area contributed by atoms with E-state index in [4.69, 9.17) is 4.74 Å². The van der Waals surface area contributed by atoms with Crippen LogP contribution in [0.4, 0.5) is 0 Å². The molecule has 1 unspecified atom stereocenters. The maximum absolute atomic E-state index is 5.27. The van der Waals surface area contributed by atoms with Crippen molar-refractivity contribution in [2.45, 2.75) is 44.9 Å². The highest BCUT2D eigenvalue weighted by Crippen LogP contribution is 2.24. The van der Waals surface area contributed by atoms with E-state index in [0.29, 0.717) is 6.10 Å². The molecule has 3 nitrogen and oxygen atoms in total. The number of nitrogens with zero attached hydrogens (tertiary/aromatic N) is 2. The van der Waals surface area contributed by atoms with Gasteiger partial charge in [0.2, 0.25) is 0 Å². The summed E-state index contributed by atoms with van der Waals surface area (Å²) in [5, 5.41) is 0. The van der Waals surface area contributed by atoms with Crippen LogP contribution in [-0.4, -0.2) is 61.3 Å². The highest BCUT2D eigenvalue weighted by molar-refractivity contribution is 4.87. The van der Waals surface area contributed by atoms with Crippen LogP contribution in [0.2, 0.25) is 0 Å². The van der Waals surface area contributed by atoms with Crippen LogP contribution in [0, 0.1) is 0 Å². The largest absolute Gasteiger partial charge is 0.379 e. The fraction of sp³-hybridized carbons (Fsp3) is 1.00. The maximum Gasteiger partial charge on any atom is 0.0824 e. The van der Waals surface area contributed by atoms with Crippen molar-refractivity contribution in [1.29, 1.82) is 0 Å². The minimum Gasteiger partial charge on any atom is -0.379 e. The standard InChI is InChI=1S/C12H24N2O/c1-10(2)14-7-5-11(14)4-6-13-8-12(9-13)15-3/h10-12H,4-9H2,1-3H3. The molecule has 0 N–H and O–H groups in total. The van der Waals surface area contributed by atoms with Crippen molar-refractivity contribution in [3.05, 3.63) is 0 Å². The molecule has 0 radical (unpaired) electrons. The van der Waals surface area contributed by atoms with Crippen molar-refractivity contribution in [2.75, 3.05) is 33.3 Å². The lowest BCUT2D eigenvalue weighted by molar-refractivity contribution is -0.0384. The lowest BCUT2D eigenvalue weighted by atomic mass is 9.96. The summed E-state index contributed by atoms with van der Waals surface area (Å²) in [6.45, 7) is 9.46. The number of hydrogen-bond acceptors (Lipinski definition) is 3. The summed E-state index contributed by atoms with van der Waals surface area (Å²) >= 11 is 0. The Morgan fingerprint density at radius 2 is 2.07 bits per heavy atom. The van der Waals surface area contributed by atoms with E-state index in [1.165, 1.54) is 25.9 Å². The van der Waals surface area contributed by atoms with Gasteiger partial charge in [-0.3, -0.25) is 9.80 Å². The lowest BCUT2D eigenvalue weighted by Crippen LogP contribution is -2.55. The maximum atomic E-state index is 5.27. The normalized spacial score (nSPS) is 29.2. The molecular formula is C12H24N2O. The number of rotatable bonds is 5. The molecule has 15 heavy (non-hydrogen) atoms. The Morgan fingerprint density at radius 1 is 1.33 bits per heavy atom. The highest BCUT2D eigenvalue weighted by Gasteiger charge is 2.32. The first-order valence-electron chi connectivity index (χ1n) is 6.21. The van der Waals surface area contributed by atoms with Gasteiger partial charge in [0.05, 0.1) is 6.10 Å². The molecule has 2 aliphatic rings. The average molecular weight is 212 g/mol. The van der Waals surface area contributed by atoms with Gasteiger partial charge in [0.15, 0.2) is 0 Å². The molecule has 88 valence electrons. The van der Waals surface area contributed by atoms with Crippen molar-refractivity contribution < 1.29 is 4.74 Å². The van der Waals surface area contributed by atoms with Gasteiger partial charge in [0.1, 0.15) is 0 Å². The van der Waals surface area contributed by atoms with E-state index in [-0.39, 0.29) is 0 Å². The van der Waals surface area contributed by atoms with Crippen molar-refractivity contribution >= 4 is 0 Å². The van der Waals surface area contributed by atoms with E-state index in [0.717, 1.165) is 25.2 Å². The Morgan fingerprint density at radius 3 is 2.53 bits per heavy atom. The number of ether oxygens (including phenoxy) is 1. The molecular weight excluding hydrogens is 188 g/mol. The number of likely N-dealkylation sites (tertiary alicyclic amines) is 2. The quantitative estimate of drug-likeness (QED) is 0.681. The molecule has 0 bridgehead atoms. The first-order chi connectivity index (χ1) is 7.20. The van der Waals surface area contributed by atoms with Crippen LogP contribution in [0.1, 0.15) is 26.7 Å². The molecule has 0 aromatic heterocycles. The smallest absolute Gasteiger partial charge is 0.0824 e. The van der Waals surface area contributed by atoms with Crippen LogP contribution in [0.3, 0.4) is 0 Å². The first kappa shape index (κ1) is 11.4. The molecule has 1 atom stereocenters. The Labute approximate surface area is 93.4 Å². The van der Waals surface area contributed by atoms with Crippen LogP contribution in [-0.2, 0) is 4.74 Å². The van der Waals surface area contributed by atoms with Gasteiger partial charge in [0, 0.05) is 38.8 Å². The van der Waals surface area contributed by atoms with Crippen LogP contribution >= 0.6 is 0 Å². The second kappa shape index (κ2) is 4.81. The molecule has 0 aliphatic carbocycles. The molecule has 0 aromatic carbocycles. The second-order valence-electron chi connectivity index (χ2n) is 5.18. The Kier molecular flexibility index (Phi) is 3.65. The molecule has 0 amide bonds. The summed E-state index contributed by atoms with van der Waals surface area (Å²) < 4.78 is 5.27. The Balaban J connectivity index is 1.59. The zero-order valence-electron chi connectivity index (χ0n) is 10.3. The highest BCUT2D eigenvalue weighted by atomic mass is 16.5. The summed E-state index contributed by atoms with van der Waals surface area (Å²) in [4.78, 5) is 5.12. The number of methoxy groups -OCH3 is 1. The molecule has 0 spiro atoms.